The molecule has 0 aromatic heterocycles. The first-order valence-electron chi connectivity index (χ1n) is 11.3. The Bertz CT molecular complexity index is 1210. The Morgan fingerprint density at radius 1 is 0.971 bits per heavy atom. The summed E-state index contributed by atoms with van der Waals surface area (Å²) in [5.41, 5.74) is 0.277. The fourth-order valence-electron chi connectivity index (χ4n) is 4.62. The number of halogens is 4. The predicted octanol–water partition coefficient (Wildman–Crippen LogP) is 6.39. The number of rotatable bonds is 4. The van der Waals surface area contributed by atoms with Crippen molar-refractivity contribution in [2.75, 3.05) is 11.9 Å². The maximum atomic E-state index is 14.6. The van der Waals surface area contributed by atoms with Gasteiger partial charge in [0.1, 0.15) is 5.82 Å². The van der Waals surface area contributed by atoms with Gasteiger partial charge in [-0.2, -0.15) is 13.2 Å². The second-order valence-electron chi connectivity index (χ2n) is 8.60. The van der Waals surface area contributed by atoms with E-state index in [1.165, 1.54) is 29.2 Å². The smallest absolute Gasteiger partial charge is 0.331 e. The third-order valence-corrected chi connectivity index (χ3v) is 6.26. The number of likely N-dealkylation sites (tertiary alicyclic amines) is 1. The van der Waals surface area contributed by atoms with Crippen LogP contribution in [0.1, 0.15) is 45.9 Å². The van der Waals surface area contributed by atoms with Crippen LogP contribution in [-0.2, 0) is 11.0 Å². The molecule has 3 aromatic carbocycles. The molecular formula is C27H24F4N2O2. The lowest BCUT2D eigenvalue weighted by atomic mass is 9.83. The zero-order valence-electron chi connectivity index (χ0n) is 19.0. The molecule has 4 rings (SSSR count). The second-order valence-corrected chi connectivity index (χ2v) is 8.60. The summed E-state index contributed by atoms with van der Waals surface area (Å²) in [5, 5.41) is 2.59. The molecule has 1 aliphatic heterocycles. The number of hydrogen-bond donors (Lipinski definition) is 1. The van der Waals surface area contributed by atoms with Crippen molar-refractivity contribution in [1.82, 2.24) is 4.90 Å². The molecule has 1 fully saturated rings. The van der Waals surface area contributed by atoms with Gasteiger partial charge in [0, 0.05) is 12.2 Å². The summed E-state index contributed by atoms with van der Waals surface area (Å²) in [5.74, 6) is -2.40. The average Bonchev–Trinajstić information content (AvgIpc) is 2.83. The van der Waals surface area contributed by atoms with E-state index in [4.69, 9.17) is 0 Å². The number of aryl methyl sites for hydroxylation is 1. The first-order valence-corrected chi connectivity index (χ1v) is 11.3. The van der Waals surface area contributed by atoms with Crippen LogP contribution in [0, 0.1) is 18.7 Å². The van der Waals surface area contributed by atoms with Gasteiger partial charge in [0.15, 0.2) is 0 Å². The molecule has 0 saturated carbocycles. The monoisotopic (exact) mass is 484 g/mol. The van der Waals surface area contributed by atoms with E-state index in [1.54, 1.807) is 43.3 Å². The molecule has 0 spiro atoms. The zero-order valence-corrected chi connectivity index (χ0v) is 19.0. The van der Waals surface area contributed by atoms with E-state index in [9.17, 15) is 27.2 Å². The summed E-state index contributed by atoms with van der Waals surface area (Å²) < 4.78 is 54.0. The van der Waals surface area contributed by atoms with Crippen molar-refractivity contribution in [3.05, 3.63) is 101 Å². The lowest BCUT2D eigenvalue weighted by Crippen LogP contribution is -2.46. The van der Waals surface area contributed by atoms with Crippen LogP contribution < -0.4 is 5.32 Å². The Morgan fingerprint density at radius 2 is 1.69 bits per heavy atom. The van der Waals surface area contributed by atoms with Gasteiger partial charge in [-0.1, -0.05) is 48.5 Å². The summed E-state index contributed by atoms with van der Waals surface area (Å²) >= 11 is 0. The van der Waals surface area contributed by atoms with Crippen molar-refractivity contribution in [1.29, 1.82) is 0 Å². The van der Waals surface area contributed by atoms with E-state index in [0.717, 1.165) is 12.1 Å². The third kappa shape index (κ3) is 5.21. The number of benzene rings is 3. The summed E-state index contributed by atoms with van der Waals surface area (Å²) in [6, 6.07) is 17.1. The maximum absolute atomic E-state index is 14.6. The first kappa shape index (κ1) is 24.4. The minimum absolute atomic E-state index is 0.0186. The average molecular weight is 484 g/mol. The molecule has 2 atom stereocenters. The van der Waals surface area contributed by atoms with Crippen molar-refractivity contribution >= 4 is 17.5 Å². The van der Waals surface area contributed by atoms with Crippen LogP contribution in [-0.4, -0.2) is 23.3 Å². The van der Waals surface area contributed by atoms with Gasteiger partial charge in [-0.05, 0) is 55.2 Å². The molecule has 0 radical (unpaired) electrons. The van der Waals surface area contributed by atoms with E-state index in [0.29, 0.717) is 30.5 Å². The first-order chi connectivity index (χ1) is 16.7. The molecule has 1 unspecified atom stereocenters. The fourth-order valence-corrected chi connectivity index (χ4v) is 4.62. The van der Waals surface area contributed by atoms with Crippen molar-refractivity contribution in [2.45, 2.75) is 32.0 Å². The molecular weight excluding hydrogens is 460 g/mol. The van der Waals surface area contributed by atoms with Gasteiger partial charge < -0.3 is 10.2 Å². The Labute approximate surface area is 200 Å². The van der Waals surface area contributed by atoms with Crippen molar-refractivity contribution in [2.24, 2.45) is 5.92 Å². The van der Waals surface area contributed by atoms with Crippen molar-refractivity contribution in [3.8, 4) is 0 Å². The van der Waals surface area contributed by atoms with Crippen molar-refractivity contribution < 1.29 is 27.2 Å². The highest BCUT2D eigenvalue weighted by atomic mass is 19.4. The number of carbonyl (C=O) groups is 2. The summed E-state index contributed by atoms with van der Waals surface area (Å²) in [6.45, 7) is 1.97. The Hall–Kier alpha value is -3.68. The lowest BCUT2D eigenvalue weighted by Gasteiger charge is -2.41. The summed E-state index contributed by atoms with van der Waals surface area (Å²) in [7, 11) is 0. The van der Waals surface area contributed by atoms with E-state index < -0.39 is 41.3 Å². The molecule has 1 N–H and O–H groups in total. The molecule has 1 saturated heterocycles. The van der Waals surface area contributed by atoms with Crippen molar-refractivity contribution in [3.63, 3.8) is 0 Å². The van der Waals surface area contributed by atoms with E-state index in [2.05, 4.69) is 5.32 Å². The normalized spacial score (nSPS) is 18.3. The van der Waals surface area contributed by atoms with Gasteiger partial charge in [0.25, 0.3) is 5.91 Å². The third-order valence-electron chi connectivity index (χ3n) is 6.26. The van der Waals surface area contributed by atoms with Crippen LogP contribution in [0.5, 0.6) is 0 Å². The zero-order chi connectivity index (χ0) is 25.2. The minimum atomic E-state index is -4.54. The fraction of sp³-hybridized carbons (Fsp3) is 0.259. The number of piperidine rings is 1. The van der Waals surface area contributed by atoms with Crippen LogP contribution in [0.4, 0.5) is 23.2 Å². The minimum Gasteiger partial charge on any atom is -0.331 e. The molecule has 0 bridgehead atoms. The lowest BCUT2D eigenvalue weighted by molar-refractivity contribution is -0.137. The Balaban J connectivity index is 1.68. The van der Waals surface area contributed by atoms with Crippen LogP contribution in [0.15, 0.2) is 72.8 Å². The van der Waals surface area contributed by atoms with E-state index >= 15 is 0 Å². The largest absolute Gasteiger partial charge is 0.416 e. The second kappa shape index (κ2) is 9.90. The van der Waals surface area contributed by atoms with Crippen LogP contribution in [0.3, 0.4) is 0 Å². The predicted molar refractivity (Wildman–Crippen MR) is 124 cm³/mol. The van der Waals surface area contributed by atoms with Gasteiger partial charge in [-0.3, -0.25) is 9.59 Å². The number of hydrogen-bond acceptors (Lipinski definition) is 2. The molecule has 182 valence electrons. The topological polar surface area (TPSA) is 49.4 Å². The SMILES string of the molecule is Cc1cccc(F)c1C(=O)N1CCCC(C(=O)Nc2cccc(C(F)(F)F)c2)[C@@H]1c1ccccc1. The maximum Gasteiger partial charge on any atom is 0.416 e. The summed E-state index contributed by atoms with van der Waals surface area (Å²) in [4.78, 5) is 28.4. The van der Waals surface area contributed by atoms with Crippen LogP contribution >= 0.6 is 0 Å². The molecule has 35 heavy (non-hydrogen) atoms. The molecule has 3 aromatic rings. The van der Waals surface area contributed by atoms with E-state index in [1.807, 2.05) is 0 Å². The van der Waals surface area contributed by atoms with Gasteiger partial charge in [-0.25, -0.2) is 4.39 Å². The number of carbonyl (C=O) groups excluding carboxylic acids is 2. The van der Waals surface area contributed by atoms with Crippen LogP contribution in [0.25, 0.3) is 0 Å². The number of nitrogens with one attached hydrogen (secondary N) is 1. The van der Waals surface area contributed by atoms with Gasteiger partial charge in [-0.15, -0.1) is 0 Å². The van der Waals surface area contributed by atoms with E-state index in [-0.39, 0.29) is 11.3 Å². The molecule has 0 aliphatic carbocycles. The Kier molecular flexibility index (Phi) is 6.91. The molecule has 2 amide bonds. The molecule has 1 aliphatic rings. The number of nitrogens with zero attached hydrogens (tertiary/aromatic N) is 1. The Morgan fingerprint density at radius 3 is 2.37 bits per heavy atom. The van der Waals surface area contributed by atoms with Gasteiger partial charge in [0.05, 0.1) is 23.1 Å². The quantitative estimate of drug-likeness (QED) is 0.437. The standard InChI is InChI=1S/C27H24F4N2O2/c1-17-8-5-14-22(28)23(17)26(35)33-15-7-13-21(24(33)18-9-3-2-4-10-18)25(34)32-20-12-6-11-19(16-20)27(29,30)31/h2-6,8-12,14,16,21,24H,7,13,15H2,1H3,(H,32,34)/t21?,24-/m0/s1. The number of alkyl halides is 3. The molecule has 8 heteroatoms. The number of anilines is 1. The summed E-state index contributed by atoms with van der Waals surface area (Å²) in [6.07, 6.45) is -3.63. The van der Waals surface area contributed by atoms with Gasteiger partial charge in [0.2, 0.25) is 5.91 Å². The molecule has 1 heterocycles. The van der Waals surface area contributed by atoms with Gasteiger partial charge >= 0.3 is 6.18 Å². The number of amides is 2. The van der Waals surface area contributed by atoms with Crippen LogP contribution in [0.2, 0.25) is 0 Å². The molecule has 4 nitrogen and oxygen atoms in total. The highest BCUT2D eigenvalue weighted by Gasteiger charge is 2.40. The highest BCUT2D eigenvalue weighted by molar-refractivity contribution is 5.98. The highest BCUT2D eigenvalue weighted by Crippen LogP contribution is 2.39.